The Labute approximate surface area is 95.4 Å². The van der Waals surface area contributed by atoms with Gasteiger partial charge in [-0.05, 0) is 19.1 Å². The maximum atomic E-state index is 10.9. The number of rotatable bonds is 3. The molecular formula is C12H11NO3. The predicted octanol–water partition coefficient (Wildman–Crippen LogP) is 2.28. The minimum Gasteiger partial charge on any atom is -0.481 e. The van der Waals surface area contributed by atoms with E-state index in [2.05, 4.69) is 4.98 Å². The smallest absolute Gasteiger partial charge is 0.309 e. The first-order valence-corrected chi connectivity index (χ1v) is 4.69. The largest absolute Gasteiger partial charge is 0.481 e. The molecule has 0 aliphatic rings. The third kappa shape index (κ3) is 2.11. The van der Waals surface area contributed by atoms with Gasteiger partial charge >= 0.3 is 5.97 Å². The zero-order valence-corrected chi connectivity index (χ0v) is 8.60. The lowest BCUT2D eigenvalue weighted by molar-refractivity contribution is -0.136. The summed E-state index contributed by atoms with van der Waals surface area (Å²) in [7, 11) is 0. The number of aromatic nitrogens is 1. The minimum atomic E-state index is -2.55. The van der Waals surface area contributed by atoms with E-state index in [-0.39, 0.29) is 17.3 Å². The Balaban J connectivity index is 2.49. The van der Waals surface area contributed by atoms with Gasteiger partial charge in [-0.15, -0.1) is 0 Å². The van der Waals surface area contributed by atoms with E-state index < -0.39 is 12.3 Å². The predicted molar refractivity (Wildman–Crippen MR) is 58.0 cm³/mol. The number of hydrogen-bond acceptors (Lipinski definition) is 3. The molecule has 0 unspecified atom stereocenters. The van der Waals surface area contributed by atoms with Crippen LogP contribution in [0.5, 0.6) is 0 Å². The molecule has 0 saturated heterocycles. The average Bonchev–Trinajstić information content (AvgIpc) is 2.73. The van der Waals surface area contributed by atoms with Gasteiger partial charge in [0.05, 0.1) is 12.1 Å². The van der Waals surface area contributed by atoms with Crippen molar-refractivity contribution >= 4 is 5.97 Å². The third-order valence-electron chi connectivity index (χ3n) is 2.04. The van der Waals surface area contributed by atoms with Crippen molar-refractivity contribution < 1.29 is 17.1 Å². The number of oxazole rings is 1. The topological polar surface area (TPSA) is 63.3 Å². The van der Waals surface area contributed by atoms with Crippen molar-refractivity contribution in [2.75, 3.05) is 0 Å². The van der Waals surface area contributed by atoms with Crippen LogP contribution in [0.1, 0.15) is 14.2 Å². The lowest BCUT2D eigenvalue weighted by atomic mass is 10.2. The molecule has 0 amide bonds. The summed E-state index contributed by atoms with van der Waals surface area (Å²) in [5.74, 6) is -1.20. The number of aryl methyl sites for hydroxylation is 1. The molecule has 0 bridgehead atoms. The normalized spacial score (nSPS) is 13.1. The van der Waals surface area contributed by atoms with E-state index in [1.54, 1.807) is 24.3 Å². The molecule has 2 rings (SSSR count). The molecule has 82 valence electrons. The molecular weight excluding hydrogens is 206 g/mol. The van der Waals surface area contributed by atoms with Gasteiger partial charge in [0, 0.05) is 8.30 Å². The van der Waals surface area contributed by atoms with E-state index in [1.807, 2.05) is 6.07 Å². The lowest BCUT2D eigenvalue weighted by Gasteiger charge is -1.92. The van der Waals surface area contributed by atoms with Crippen molar-refractivity contribution in [3.05, 3.63) is 41.8 Å². The van der Waals surface area contributed by atoms with Crippen molar-refractivity contribution in [2.24, 2.45) is 0 Å². The standard InChI is InChI=1S/C12H11NO3/c1-8-10(7-11(14)15)13-12(16-8)9-5-3-2-4-6-9/h2-6H,7H2,1H3,(H,14,15)/i7D2. The van der Waals surface area contributed by atoms with Crippen LogP contribution in [0.15, 0.2) is 34.7 Å². The van der Waals surface area contributed by atoms with Gasteiger partial charge in [-0.3, -0.25) is 4.79 Å². The van der Waals surface area contributed by atoms with Crippen LogP contribution in [0.25, 0.3) is 11.5 Å². The molecule has 0 atom stereocenters. The van der Waals surface area contributed by atoms with E-state index >= 15 is 0 Å². The highest BCUT2D eigenvalue weighted by atomic mass is 16.4. The van der Waals surface area contributed by atoms with E-state index in [0.717, 1.165) is 0 Å². The van der Waals surface area contributed by atoms with Crippen LogP contribution in [0.4, 0.5) is 0 Å². The highest BCUT2D eigenvalue weighted by molar-refractivity contribution is 5.70. The van der Waals surface area contributed by atoms with Gasteiger partial charge in [0.15, 0.2) is 0 Å². The van der Waals surface area contributed by atoms with Crippen molar-refractivity contribution in [1.82, 2.24) is 4.98 Å². The Kier molecular flexibility index (Phi) is 2.12. The summed E-state index contributed by atoms with van der Waals surface area (Å²) in [6, 6.07) is 8.92. The molecule has 0 aliphatic carbocycles. The summed E-state index contributed by atoms with van der Waals surface area (Å²) in [5, 5.41) is 8.84. The van der Waals surface area contributed by atoms with Crippen LogP contribution in [0.2, 0.25) is 0 Å². The first kappa shape index (κ1) is 8.10. The molecule has 1 heterocycles. The quantitative estimate of drug-likeness (QED) is 0.860. The van der Waals surface area contributed by atoms with Gasteiger partial charge in [-0.1, -0.05) is 18.2 Å². The Hall–Kier alpha value is -2.10. The summed E-state index contributed by atoms with van der Waals surface area (Å²) >= 11 is 0. The zero-order chi connectivity index (χ0) is 13.3. The van der Waals surface area contributed by atoms with E-state index in [0.29, 0.717) is 5.56 Å². The molecule has 16 heavy (non-hydrogen) atoms. The van der Waals surface area contributed by atoms with Gasteiger partial charge in [0.25, 0.3) is 0 Å². The number of aliphatic carboxylic acids is 1. The Bertz CT molecular complexity index is 578. The summed E-state index contributed by atoms with van der Waals surface area (Å²) in [6.45, 7) is 1.50. The number of carboxylic acids is 1. The second-order valence-electron chi connectivity index (χ2n) is 3.22. The summed E-state index contributed by atoms with van der Waals surface area (Å²) in [5.41, 5.74) is 0.474. The van der Waals surface area contributed by atoms with Crippen LogP contribution in [0, 0.1) is 6.92 Å². The van der Waals surface area contributed by atoms with Gasteiger partial charge in [-0.2, -0.15) is 0 Å². The molecule has 1 aromatic carbocycles. The molecule has 4 nitrogen and oxygen atoms in total. The van der Waals surface area contributed by atoms with Gasteiger partial charge in [0.1, 0.15) is 5.76 Å². The van der Waals surface area contributed by atoms with Crippen LogP contribution >= 0.6 is 0 Å². The number of carboxylic acid groups (broad SMARTS) is 1. The zero-order valence-electron chi connectivity index (χ0n) is 10.6. The molecule has 1 aromatic heterocycles. The fraction of sp³-hybridized carbons (Fsp3) is 0.167. The van der Waals surface area contributed by atoms with Gasteiger partial charge < -0.3 is 9.52 Å². The fourth-order valence-electron chi connectivity index (χ4n) is 1.32. The highest BCUT2D eigenvalue weighted by Crippen LogP contribution is 2.21. The maximum absolute atomic E-state index is 10.9. The number of carbonyl (C=O) groups is 1. The molecule has 0 spiro atoms. The average molecular weight is 219 g/mol. The SMILES string of the molecule is [2H]C([2H])(C(=O)O)c1nc(-c2ccccc2)oc1C. The summed E-state index contributed by atoms with van der Waals surface area (Å²) in [6.07, 6.45) is -2.55. The Morgan fingerprint density at radius 3 is 2.81 bits per heavy atom. The molecule has 0 fully saturated rings. The number of benzene rings is 1. The van der Waals surface area contributed by atoms with Crippen LogP contribution < -0.4 is 0 Å². The third-order valence-corrected chi connectivity index (χ3v) is 2.04. The van der Waals surface area contributed by atoms with Crippen molar-refractivity contribution in [2.45, 2.75) is 13.3 Å². The van der Waals surface area contributed by atoms with E-state index in [4.69, 9.17) is 12.3 Å². The van der Waals surface area contributed by atoms with Gasteiger partial charge in [-0.25, -0.2) is 4.98 Å². The lowest BCUT2D eigenvalue weighted by Crippen LogP contribution is -2.01. The monoisotopic (exact) mass is 219 g/mol. The van der Waals surface area contributed by atoms with Crippen molar-refractivity contribution in [1.29, 1.82) is 0 Å². The van der Waals surface area contributed by atoms with Crippen LogP contribution in [0.3, 0.4) is 0 Å². The second kappa shape index (κ2) is 4.18. The molecule has 4 heteroatoms. The Morgan fingerprint density at radius 1 is 1.50 bits per heavy atom. The minimum absolute atomic E-state index is 0.168. The molecule has 0 saturated carbocycles. The Morgan fingerprint density at radius 2 is 2.19 bits per heavy atom. The molecule has 1 N–H and O–H groups in total. The highest BCUT2D eigenvalue weighted by Gasteiger charge is 2.13. The van der Waals surface area contributed by atoms with E-state index in [9.17, 15) is 4.79 Å². The van der Waals surface area contributed by atoms with Gasteiger partial charge in [0.2, 0.25) is 5.89 Å². The number of hydrogen-bond donors (Lipinski definition) is 1. The second-order valence-corrected chi connectivity index (χ2v) is 3.22. The van der Waals surface area contributed by atoms with E-state index in [1.165, 1.54) is 6.92 Å². The number of nitrogens with zero attached hydrogens (tertiary/aromatic N) is 1. The first-order chi connectivity index (χ1) is 8.43. The molecule has 0 aliphatic heterocycles. The summed E-state index contributed by atoms with van der Waals surface area (Å²) in [4.78, 5) is 14.8. The fourth-order valence-corrected chi connectivity index (χ4v) is 1.32. The first-order valence-electron chi connectivity index (χ1n) is 5.69. The van der Waals surface area contributed by atoms with Crippen molar-refractivity contribution in [3.63, 3.8) is 0 Å². The summed E-state index contributed by atoms with van der Waals surface area (Å²) < 4.78 is 20.3. The maximum Gasteiger partial charge on any atom is 0.309 e. The molecule has 0 radical (unpaired) electrons. The van der Waals surface area contributed by atoms with Crippen LogP contribution in [-0.2, 0) is 11.2 Å². The van der Waals surface area contributed by atoms with Crippen molar-refractivity contribution in [3.8, 4) is 11.5 Å². The van der Waals surface area contributed by atoms with Crippen LogP contribution in [-0.4, -0.2) is 16.1 Å². The molecule has 2 aromatic rings.